The van der Waals surface area contributed by atoms with E-state index in [4.69, 9.17) is 23.4 Å². The van der Waals surface area contributed by atoms with Crippen molar-refractivity contribution >= 4 is 27.3 Å². The maximum absolute atomic E-state index is 6.28. The van der Waals surface area contributed by atoms with Crippen molar-refractivity contribution in [3.63, 3.8) is 0 Å². The molecule has 11 heteroatoms. The van der Waals surface area contributed by atoms with Crippen LogP contribution in [0.3, 0.4) is 0 Å². The van der Waals surface area contributed by atoms with Crippen molar-refractivity contribution < 1.29 is 23.4 Å². The number of hydrogen-bond donors (Lipinski definition) is 0. The maximum Gasteiger partial charge on any atom is 0.316 e. The Morgan fingerprint density at radius 2 is 1.85 bits per heavy atom. The third-order valence-electron chi connectivity index (χ3n) is 5.98. The summed E-state index contributed by atoms with van der Waals surface area (Å²) in [5.41, 5.74) is 4.18. The van der Waals surface area contributed by atoms with E-state index in [0.717, 1.165) is 28.5 Å². The van der Waals surface area contributed by atoms with E-state index in [1.54, 1.807) is 31.1 Å². The molecule has 0 aliphatic heterocycles. The third-order valence-corrected chi connectivity index (χ3v) is 6.86. The zero-order chi connectivity index (χ0) is 26.8. The van der Waals surface area contributed by atoms with Gasteiger partial charge in [0, 0.05) is 30.1 Å². The Morgan fingerprint density at radius 3 is 2.62 bits per heavy atom. The number of ether oxygens (including phenoxy) is 4. The van der Waals surface area contributed by atoms with Gasteiger partial charge in [-0.2, -0.15) is 0 Å². The van der Waals surface area contributed by atoms with E-state index >= 15 is 0 Å². The highest BCUT2D eigenvalue weighted by Gasteiger charge is 2.17. The molecule has 198 valence electrons. The molecule has 39 heavy (non-hydrogen) atoms. The van der Waals surface area contributed by atoms with Crippen molar-refractivity contribution in [2.45, 2.75) is 20.0 Å². The fraction of sp³-hybridized carbons (Fsp3) is 0.214. The monoisotopic (exact) mass is 543 g/mol. The second-order valence-corrected chi connectivity index (χ2v) is 9.58. The van der Waals surface area contributed by atoms with E-state index in [0.29, 0.717) is 57.9 Å². The van der Waals surface area contributed by atoms with Gasteiger partial charge in [0.05, 0.1) is 32.4 Å². The van der Waals surface area contributed by atoms with E-state index < -0.39 is 0 Å². The molecule has 0 N–H and O–H groups in total. The van der Waals surface area contributed by atoms with Crippen molar-refractivity contribution in [3.05, 3.63) is 66.6 Å². The van der Waals surface area contributed by atoms with E-state index in [-0.39, 0.29) is 0 Å². The summed E-state index contributed by atoms with van der Waals surface area (Å²) in [6.07, 6.45) is 6.24. The minimum atomic E-state index is 0.346. The highest BCUT2D eigenvalue weighted by molar-refractivity contribution is 7.18. The summed E-state index contributed by atoms with van der Waals surface area (Å²) in [4.78, 5) is 14.0. The van der Waals surface area contributed by atoms with Crippen molar-refractivity contribution in [1.29, 1.82) is 0 Å². The molecule has 0 aliphatic carbocycles. The second kappa shape index (κ2) is 10.6. The first-order valence-corrected chi connectivity index (χ1v) is 13.1. The average molecular weight is 544 g/mol. The van der Waals surface area contributed by atoms with E-state index in [2.05, 4.69) is 26.1 Å². The first-order valence-electron chi connectivity index (χ1n) is 12.3. The lowest BCUT2D eigenvalue weighted by Gasteiger charge is -2.10. The van der Waals surface area contributed by atoms with Crippen LogP contribution >= 0.6 is 11.3 Å². The van der Waals surface area contributed by atoms with E-state index in [1.807, 2.05) is 49.5 Å². The van der Waals surface area contributed by atoms with Crippen molar-refractivity contribution in [1.82, 2.24) is 24.6 Å². The van der Waals surface area contributed by atoms with Crippen LogP contribution in [0.25, 0.3) is 38.5 Å². The van der Waals surface area contributed by atoms with Gasteiger partial charge in [0.2, 0.25) is 4.96 Å². The third kappa shape index (κ3) is 5.08. The molecule has 6 rings (SSSR count). The molecule has 6 aromatic rings. The zero-order valence-electron chi connectivity index (χ0n) is 21.6. The summed E-state index contributed by atoms with van der Waals surface area (Å²) >= 11 is 1.36. The maximum atomic E-state index is 6.28. The van der Waals surface area contributed by atoms with Gasteiger partial charge in [-0.1, -0.05) is 25.1 Å². The number of imidazole rings is 1. The Balaban J connectivity index is 1.24. The number of fused-ring (bicyclic) bond motifs is 2. The van der Waals surface area contributed by atoms with E-state index in [9.17, 15) is 0 Å². The predicted octanol–water partition coefficient (Wildman–Crippen LogP) is 6.05. The minimum Gasteiger partial charge on any atom is -0.496 e. The molecule has 4 heterocycles. The van der Waals surface area contributed by atoms with Gasteiger partial charge in [0.25, 0.3) is 5.19 Å². The van der Waals surface area contributed by atoms with Crippen LogP contribution in [0.1, 0.15) is 18.9 Å². The van der Waals surface area contributed by atoms with Gasteiger partial charge in [0.1, 0.15) is 29.4 Å². The normalized spacial score (nSPS) is 11.3. The van der Waals surface area contributed by atoms with Crippen molar-refractivity contribution in [2.75, 3.05) is 20.8 Å². The number of nitrogens with zero attached hydrogens (tertiary/aromatic N) is 5. The summed E-state index contributed by atoms with van der Waals surface area (Å²) in [7, 11) is 3.19. The van der Waals surface area contributed by atoms with Crippen LogP contribution in [0.4, 0.5) is 0 Å². The topological polar surface area (TPSA) is 106 Å². The lowest BCUT2D eigenvalue weighted by Crippen LogP contribution is -1.99. The molecule has 0 aliphatic rings. The lowest BCUT2D eigenvalue weighted by molar-refractivity contribution is 0.292. The van der Waals surface area contributed by atoms with Gasteiger partial charge in [-0.15, -0.1) is 5.10 Å². The van der Waals surface area contributed by atoms with E-state index in [1.165, 1.54) is 11.3 Å². The summed E-state index contributed by atoms with van der Waals surface area (Å²) in [6, 6.07) is 14.1. The highest BCUT2D eigenvalue weighted by atomic mass is 32.1. The summed E-state index contributed by atoms with van der Waals surface area (Å²) < 4.78 is 30.3. The van der Waals surface area contributed by atoms with Gasteiger partial charge in [-0.3, -0.25) is 0 Å². The Labute approximate surface area is 227 Å². The first kappa shape index (κ1) is 24.7. The standard InChI is InChI=1S/C28H25N5O5S/c1-4-8-36-26-29-13-19(14-30-26)18-7-5-6-17(9-18)16-37-23-10-20(34-2)11-24-21(23)12-25(38-24)22-15-33-27(31-22)39-28(32-33)35-3/h5-7,9-15H,4,8,16H2,1-3H3. The van der Waals surface area contributed by atoms with Crippen LogP contribution in [-0.2, 0) is 6.61 Å². The van der Waals surface area contributed by atoms with Gasteiger partial charge < -0.3 is 23.4 Å². The number of hydrogen-bond acceptors (Lipinski definition) is 10. The highest BCUT2D eigenvalue weighted by Crippen LogP contribution is 2.37. The van der Waals surface area contributed by atoms with Crippen LogP contribution in [0.2, 0.25) is 0 Å². The van der Waals surface area contributed by atoms with Gasteiger partial charge in [0.15, 0.2) is 5.76 Å². The molecule has 0 saturated carbocycles. The van der Waals surface area contributed by atoms with Crippen LogP contribution < -0.4 is 18.9 Å². The molecule has 0 amide bonds. The molecule has 0 bridgehead atoms. The minimum absolute atomic E-state index is 0.346. The molecule has 0 saturated heterocycles. The fourth-order valence-corrected chi connectivity index (χ4v) is 4.76. The molecule has 2 aromatic carbocycles. The van der Waals surface area contributed by atoms with Crippen molar-refractivity contribution in [2.24, 2.45) is 0 Å². The molecule has 0 unspecified atom stereocenters. The first-order chi connectivity index (χ1) is 19.1. The molecule has 4 aromatic heterocycles. The van der Waals surface area contributed by atoms with Crippen LogP contribution in [0, 0.1) is 0 Å². The molecule has 0 spiro atoms. The molecular weight excluding hydrogens is 518 g/mol. The average Bonchev–Trinajstić information content (AvgIpc) is 3.68. The second-order valence-electron chi connectivity index (χ2n) is 8.67. The zero-order valence-corrected chi connectivity index (χ0v) is 22.4. The Bertz CT molecular complexity index is 1710. The number of methoxy groups -OCH3 is 2. The Hall–Kier alpha value is -4.64. The van der Waals surface area contributed by atoms with Crippen LogP contribution in [0.5, 0.6) is 22.7 Å². The van der Waals surface area contributed by atoms with Crippen LogP contribution in [-0.4, -0.2) is 45.4 Å². The Morgan fingerprint density at radius 1 is 0.974 bits per heavy atom. The van der Waals surface area contributed by atoms with Gasteiger partial charge in [-0.25, -0.2) is 19.5 Å². The number of furan rings is 1. The van der Waals surface area contributed by atoms with Crippen LogP contribution in [0.15, 0.2) is 65.5 Å². The molecule has 10 nitrogen and oxygen atoms in total. The molecule has 0 atom stereocenters. The SMILES string of the molecule is CCCOc1ncc(-c2cccc(COc3cc(OC)cc4oc(-c5cn6nc(OC)sc6n5)cc34)c2)cn1. The quantitative estimate of drug-likeness (QED) is 0.204. The largest absolute Gasteiger partial charge is 0.496 e. The number of aromatic nitrogens is 5. The number of benzene rings is 2. The molecule has 0 fully saturated rings. The lowest BCUT2D eigenvalue weighted by atomic mass is 10.1. The predicted molar refractivity (Wildman–Crippen MR) is 147 cm³/mol. The summed E-state index contributed by atoms with van der Waals surface area (Å²) in [5, 5.41) is 5.70. The summed E-state index contributed by atoms with van der Waals surface area (Å²) in [5.74, 6) is 1.88. The fourth-order valence-electron chi connectivity index (χ4n) is 4.06. The number of rotatable bonds is 10. The smallest absolute Gasteiger partial charge is 0.316 e. The summed E-state index contributed by atoms with van der Waals surface area (Å²) in [6.45, 7) is 2.98. The van der Waals surface area contributed by atoms with Gasteiger partial charge >= 0.3 is 6.01 Å². The molecular formula is C28H25N5O5S. The Kier molecular flexibility index (Phi) is 6.72. The molecule has 0 radical (unpaired) electrons. The van der Waals surface area contributed by atoms with Crippen molar-refractivity contribution in [3.8, 4) is 45.3 Å². The van der Waals surface area contributed by atoms with Gasteiger partial charge in [-0.05, 0) is 41.0 Å².